The van der Waals surface area contributed by atoms with Crippen LogP contribution in [0.1, 0.15) is 11.8 Å². The zero-order chi connectivity index (χ0) is 11.5. The smallest absolute Gasteiger partial charge is 0.225 e. The van der Waals surface area contributed by atoms with Gasteiger partial charge in [-0.25, -0.2) is 0 Å². The second-order valence-electron chi connectivity index (χ2n) is 4.19. The van der Waals surface area contributed by atoms with Gasteiger partial charge in [-0.15, -0.1) is 11.3 Å². The Hall–Kier alpha value is -0.390. The van der Waals surface area contributed by atoms with Crippen molar-refractivity contribution in [2.45, 2.75) is 13.5 Å². The summed E-state index contributed by atoms with van der Waals surface area (Å²) in [7, 11) is 0. The van der Waals surface area contributed by atoms with Gasteiger partial charge in [0.2, 0.25) is 5.91 Å². The van der Waals surface area contributed by atoms with E-state index in [4.69, 9.17) is 0 Å². The molecular formula is C11H15BrN2OS. The number of carbonyl (C=O) groups is 1. The average molecular weight is 303 g/mol. The highest BCUT2D eigenvalue weighted by atomic mass is 79.9. The van der Waals surface area contributed by atoms with Crippen LogP contribution >= 0.6 is 27.3 Å². The zero-order valence-electron chi connectivity index (χ0n) is 9.13. The van der Waals surface area contributed by atoms with E-state index in [1.807, 2.05) is 11.4 Å². The number of thiophene rings is 1. The number of halogens is 1. The van der Waals surface area contributed by atoms with Crippen LogP contribution in [0.25, 0.3) is 0 Å². The predicted molar refractivity (Wildman–Crippen MR) is 69.4 cm³/mol. The van der Waals surface area contributed by atoms with E-state index in [0.717, 1.165) is 17.6 Å². The summed E-state index contributed by atoms with van der Waals surface area (Å²) in [6.45, 7) is 4.51. The maximum absolute atomic E-state index is 11.9. The van der Waals surface area contributed by atoms with Gasteiger partial charge in [-0.05, 0) is 34.5 Å². The summed E-state index contributed by atoms with van der Waals surface area (Å²) in [6.07, 6.45) is 0. The fraction of sp³-hybridized carbons (Fsp3) is 0.545. The van der Waals surface area contributed by atoms with Crippen LogP contribution in [0.4, 0.5) is 0 Å². The third-order valence-electron chi connectivity index (χ3n) is 2.91. The first-order chi connectivity index (χ1) is 7.66. The highest BCUT2D eigenvalue weighted by Gasteiger charge is 2.29. The SMILES string of the molecule is CC1CNCC1C(=O)NCc1cc(Br)cs1. The minimum absolute atomic E-state index is 0.128. The Bertz CT molecular complexity index is 380. The van der Waals surface area contributed by atoms with Crippen LogP contribution in [0, 0.1) is 11.8 Å². The van der Waals surface area contributed by atoms with Crippen LogP contribution in [0.5, 0.6) is 0 Å². The molecule has 0 bridgehead atoms. The topological polar surface area (TPSA) is 41.1 Å². The first-order valence-corrected chi connectivity index (χ1v) is 7.05. The van der Waals surface area contributed by atoms with E-state index in [1.54, 1.807) is 11.3 Å². The molecule has 5 heteroatoms. The Morgan fingerprint density at radius 2 is 2.50 bits per heavy atom. The van der Waals surface area contributed by atoms with Gasteiger partial charge in [0.1, 0.15) is 0 Å². The monoisotopic (exact) mass is 302 g/mol. The molecule has 2 heterocycles. The summed E-state index contributed by atoms with van der Waals surface area (Å²) in [4.78, 5) is 13.1. The summed E-state index contributed by atoms with van der Waals surface area (Å²) < 4.78 is 1.08. The molecule has 2 rings (SSSR count). The number of hydrogen-bond donors (Lipinski definition) is 2. The van der Waals surface area contributed by atoms with Gasteiger partial charge in [0, 0.05) is 21.3 Å². The van der Waals surface area contributed by atoms with Crippen molar-refractivity contribution in [3.05, 3.63) is 20.8 Å². The lowest BCUT2D eigenvalue weighted by Gasteiger charge is -2.13. The molecule has 2 unspecified atom stereocenters. The van der Waals surface area contributed by atoms with Crippen LogP contribution in [0.2, 0.25) is 0 Å². The van der Waals surface area contributed by atoms with Gasteiger partial charge in [0.05, 0.1) is 12.5 Å². The number of amides is 1. The molecule has 16 heavy (non-hydrogen) atoms. The molecule has 2 atom stereocenters. The van der Waals surface area contributed by atoms with Crippen molar-refractivity contribution < 1.29 is 4.79 Å². The summed E-state index contributed by atoms with van der Waals surface area (Å²) in [5.74, 6) is 0.737. The van der Waals surface area contributed by atoms with Crippen molar-refractivity contribution in [1.29, 1.82) is 0 Å². The van der Waals surface area contributed by atoms with E-state index in [1.165, 1.54) is 4.88 Å². The van der Waals surface area contributed by atoms with Crippen LogP contribution < -0.4 is 10.6 Å². The lowest BCUT2D eigenvalue weighted by atomic mass is 9.97. The second-order valence-corrected chi connectivity index (χ2v) is 6.10. The van der Waals surface area contributed by atoms with Gasteiger partial charge in [0.15, 0.2) is 0 Å². The maximum Gasteiger partial charge on any atom is 0.225 e. The highest BCUT2D eigenvalue weighted by molar-refractivity contribution is 9.10. The molecule has 0 spiro atoms. The van der Waals surface area contributed by atoms with Gasteiger partial charge in [0.25, 0.3) is 0 Å². The first-order valence-electron chi connectivity index (χ1n) is 5.38. The van der Waals surface area contributed by atoms with E-state index in [2.05, 4.69) is 33.5 Å². The van der Waals surface area contributed by atoms with E-state index in [9.17, 15) is 4.79 Å². The minimum atomic E-state index is 0.128. The van der Waals surface area contributed by atoms with Gasteiger partial charge < -0.3 is 10.6 Å². The number of nitrogens with one attached hydrogen (secondary N) is 2. The van der Waals surface area contributed by atoms with E-state index >= 15 is 0 Å². The Balaban J connectivity index is 1.83. The fourth-order valence-electron chi connectivity index (χ4n) is 1.91. The molecule has 0 aromatic carbocycles. The molecule has 0 saturated carbocycles. The highest BCUT2D eigenvalue weighted by Crippen LogP contribution is 2.20. The quantitative estimate of drug-likeness (QED) is 0.896. The summed E-state index contributed by atoms with van der Waals surface area (Å²) >= 11 is 5.06. The summed E-state index contributed by atoms with van der Waals surface area (Å²) in [5, 5.41) is 8.26. The van der Waals surface area contributed by atoms with Crippen LogP contribution in [0.3, 0.4) is 0 Å². The zero-order valence-corrected chi connectivity index (χ0v) is 11.5. The third kappa shape index (κ3) is 2.84. The number of rotatable bonds is 3. The molecule has 1 fully saturated rings. The van der Waals surface area contributed by atoms with Gasteiger partial charge in [-0.3, -0.25) is 4.79 Å². The van der Waals surface area contributed by atoms with Gasteiger partial charge >= 0.3 is 0 Å². The summed E-state index contributed by atoms with van der Waals surface area (Å²) in [5.41, 5.74) is 0. The molecule has 0 radical (unpaired) electrons. The van der Waals surface area contributed by atoms with Crippen molar-refractivity contribution in [3.63, 3.8) is 0 Å². The van der Waals surface area contributed by atoms with Crippen LogP contribution in [0.15, 0.2) is 15.9 Å². The normalized spacial score (nSPS) is 24.6. The van der Waals surface area contributed by atoms with Crippen molar-refractivity contribution >= 4 is 33.2 Å². The molecule has 1 aliphatic rings. The molecule has 1 aliphatic heterocycles. The molecule has 0 aliphatic carbocycles. The van der Waals surface area contributed by atoms with Crippen molar-refractivity contribution in [1.82, 2.24) is 10.6 Å². The lowest BCUT2D eigenvalue weighted by Crippen LogP contribution is -2.33. The molecule has 1 saturated heterocycles. The molecule has 1 amide bonds. The Labute approximate surface area is 108 Å². The molecule has 1 aromatic heterocycles. The molecule has 1 aromatic rings. The Kier molecular flexibility index (Phi) is 4.00. The molecular weight excluding hydrogens is 288 g/mol. The molecule has 88 valence electrons. The molecule has 2 N–H and O–H groups in total. The number of carbonyl (C=O) groups excluding carboxylic acids is 1. The standard InChI is InChI=1S/C11H15BrN2OS/c1-7-3-13-5-10(7)11(15)14-4-9-2-8(12)6-16-9/h2,6-7,10,13H,3-5H2,1H3,(H,14,15). The summed E-state index contributed by atoms with van der Waals surface area (Å²) in [6, 6.07) is 2.04. The Morgan fingerprint density at radius 1 is 1.69 bits per heavy atom. The van der Waals surface area contributed by atoms with Crippen molar-refractivity contribution in [3.8, 4) is 0 Å². The van der Waals surface area contributed by atoms with E-state index in [0.29, 0.717) is 12.5 Å². The minimum Gasteiger partial charge on any atom is -0.351 e. The molecule has 3 nitrogen and oxygen atoms in total. The second kappa shape index (κ2) is 5.29. The van der Waals surface area contributed by atoms with Crippen LogP contribution in [-0.4, -0.2) is 19.0 Å². The fourth-order valence-corrected chi connectivity index (χ4v) is 3.30. The van der Waals surface area contributed by atoms with Gasteiger partial charge in [-0.2, -0.15) is 0 Å². The third-order valence-corrected chi connectivity index (χ3v) is 4.61. The number of hydrogen-bond acceptors (Lipinski definition) is 3. The largest absolute Gasteiger partial charge is 0.351 e. The maximum atomic E-state index is 11.9. The average Bonchev–Trinajstić information content (AvgIpc) is 2.84. The van der Waals surface area contributed by atoms with Crippen LogP contribution in [-0.2, 0) is 11.3 Å². The van der Waals surface area contributed by atoms with Gasteiger partial charge in [-0.1, -0.05) is 6.92 Å². The van der Waals surface area contributed by atoms with E-state index < -0.39 is 0 Å². The van der Waals surface area contributed by atoms with E-state index in [-0.39, 0.29) is 11.8 Å². The Morgan fingerprint density at radius 3 is 3.06 bits per heavy atom. The van der Waals surface area contributed by atoms with Crippen molar-refractivity contribution in [2.75, 3.05) is 13.1 Å². The first kappa shape index (κ1) is 12.1. The van der Waals surface area contributed by atoms with Crippen molar-refractivity contribution in [2.24, 2.45) is 11.8 Å². The predicted octanol–water partition coefficient (Wildman–Crippen LogP) is 1.98. The lowest BCUT2D eigenvalue weighted by molar-refractivity contribution is -0.125.